The number of aliphatic carboxylic acids is 1. The Labute approximate surface area is 207 Å². The summed E-state index contributed by atoms with van der Waals surface area (Å²) in [4.78, 5) is 29.6. The van der Waals surface area contributed by atoms with Gasteiger partial charge in [-0.25, -0.2) is 13.4 Å². The van der Waals surface area contributed by atoms with Gasteiger partial charge in [0.2, 0.25) is 15.9 Å². The zero-order valence-electron chi connectivity index (χ0n) is 18.9. The number of para-hydroxylation sites is 1. The molecular weight excluding hydrogens is 488 g/mol. The molecule has 0 spiro atoms. The molecule has 35 heavy (non-hydrogen) atoms. The lowest BCUT2D eigenvalue weighted by atomic mass is 9.80. The van der Waals surface area contributed by atoms with E-state index < -0.39 is 21.4 Å². The van der Waals surface area contributed by atoms with E-state index in [1.165, 1.54) is 15.6 Å². The van der Waals surface area contributed by atoms with Crippen LogP contribution in [0.15, 0.2) is 47.4 Å². The first-order chi connectivity index (χ1) is 16.7. The SMILES string of the molecule is NC1CCN(S(=O)(=O)c2cccc3sc(CNC(=O)C4(CC(=O)O)Cc5ccccc5C4)nc23)C1. The monoisotopic (exact) mass is 514 g/mol. The average Bonchev–Trinajstić information content (AvgIpc) is 3.52. The van der Waals surface area contributed by atoms with Crippen molar-refractivity contribution in [3.05, 3.63) is 58.6 Å². The molecule has 1 unspecified atom stereocenters. The summed E-state index contributed by atoms with van der Waals surface area (Å²) in [5.74, 6) is -1.36. The van der Waals surface area contributed by atoms with Crippen LogP contribution in [0.5, 0.6) is 0 Å². The number of thiazole rings is 1. The normalized spacial score (nSPS) is 19.6. The highest BCUT2D eigenvalue weighted by Crippen LogP contribution is 2.40. The molecule has 2 aliphatic rings. The Morgan fingerprint density at radius 3 is 2.51 bits per heavy atom. The minimum absolute atomic E-state index is 0.0873. The molecule has 1 aromatic heterocycles. The van der Waals surface area contributed by atoms with Crippen molar-refractivity contribution in [1.29, 1.82) is 0 Å². The van der Waals surface area contributed by atoms with E-state index in [0.29, 0.717) is 41.0 Å². The molecule has 1 amide bonds. The summed E-state index contributed by atoms with van der Waals surface area (Å²) in [6, 6.07) is 12.5. The number of benzene rings is 2. The fourth-order valence-electron chi connectivity index (χ4n) is 5.06. The van der Waals surface area contributed by atoms with Crippen LogP contribution in [0.4, 0.5) is 0 Å². The van der Waals surface area contributed by atoms with Gasteiger partial charge in [0.25, 0.3) is 0 Å². The van der Waals surface area contributed by atoms with Crippen LogP contribution >= 0.6 is 11.3 Å². The van der Waals surface area contributed by atoms with E-state index in [-0.39, 0.29) is 36.4 Å². The van der Waals surface area contributed by atoms with E-state index in [1.54, 1.807) is 18.2 Å². The molecule has 0 saturated carbocycles. The van der Waals surface area contributed by atoms with E-state index >= 15 is 0 Å². The van der Waals surface area contributed by atoms with Crippen LogP contribution in [0.3, 0.4) is 0 Å². The third-order valence-electron chi connectivity index (χ3n) is 6.78. The van der Waals surface area contributed by atoms with E-state index in [4.69, 9.17) is 5.73 Å². The molecule has 2 aromatic carbocycles. The minimum Gasteiger partial charge on any atom is -0.481 e. The van der Waals surface area contributed by atoms with E-state index in [1.807, 2.05) is 24.3 Å². The largest absolute Gasteiger partial charge is 0.481 e. The van der Waals surface area contributed by atoms with Gasteiger partial charge in [0.05, 0.1) is 23.1 Å². The standard InChI is InChI=1S/C24H26N4O5S2/c25-17-8-9-28(14-17)35(32,33)19-7-3-6-18-22(19)27-20(34-18)13-26-23(31)24(12-21(29)30)10-15-4-1-2-5-16(15)11-24/h1-7,17H,8-14,25H2,(H,26,31)(H,29,30). The second-order valence-electron chi connectivity index (χ2n) is 9.28. The topological polar surface area (TPSA) is 143 Å². The van der Waals surface area contributed by atoms with Crippen molar-refractivity contribution in [3.63, 3.8) is 0 Å². The number of hydrogen-bond donors (Lipinski definition) is 3. The van der Waals surface area contributed by atoms with Crippen LogP contribution in [0.2, 0.25) is 0 Å². The van der Waals surface area contributed by atoms with Crippen LogP contribution in [-0.4, -0.2) is 53.8 Å². The molecule has 4 N–H and O–H groups in total. The molecule has 184 valence electrons. The van der Waals surface area contributed by atoms with Crippen molar-refractivity contribution in [3.8, 4) is 0 Å². The summed E-state index contributed by atoms with van der Waals surface area (Å²) in [5.41, 5.74) is 7.19. The highest BCUT2D eigenvalue weighted by molar-refractivity contribution is 7.89. The highest BCUT2D eigenvalue weighted by atomic mass is 32.2. The fraction of sp³-hybridized carbons (Fsp3) is 0.375. The molecular formula is C24H26N4O5S2. The van der Waals surface area contributed by atoms with Crippen LogP contribution in [0.1, 0.15) is 29.0 Å². The molecule has 1 atom stereocenters. The summed E-state index contributed by atoms with van der Waals surface area (Å²) >= 11 is 1.31. The van der Waals surface area contributed by atoms with Crippen molar-refractivity contribution < 1.29 is 23.1 Å². The predicted molar refractivity (Wildman–Crippen MR) is 131 cm³/mol. The number of nitrogens with one attached hydrogen (secondary N) is 1. The summed E-state index contributed by atoms with van der Waals surface area (Å²) in [7, 11) is -3.74. The first kappa shape index (κ1) is 23.9. The highest BCUT2D eigenvalue weighted by Gasteiger charge is 2.45. The van der Waals surface area contributed by atoms with Gasteiger partial charge in [-0.05, 0) is 42.5 Å². The van der Waals surface area contributed by atoms with Gasteiger partial charge < -0.3 is 16.2 Å². The molecule has 1 aliphatic heterocycles. The van der Waals surface area contributed by atoms with Crippen molar-refractivity contribution in [2.24, 2.45) is 11.1 Å². The second kappa shape index (κ2) is 8.98. The van der Waals surface area contributed by atoms with Gasteiger partial charge in [0.15, 0.2) is 0 Å². The predicted octanol–water partition coefficient (Wildman–Crippen LogP) is 1.89. The molecule has 11 heteroatoms. The maximum Gasteiger partial charge on any atom is 0.304 e. The molecule has 0 bridgehead atoms. The minimum atomic E-state index is -3.74. The quantitative estimate of drug-likeness (QED) is 0.437. The molecule has 1 saturated heterocycles. The molecule has 1 fully saturated rings. The lowest BCUT2D eigenvalue weighted by Gasteiger charge is -2.25. The third kappa shape index (κ3) is 4.44. The number of aromatic nitrogens is 1. The summed E-state index contributed by atoms with van der Waals surface area (Å²) in [6.45, 7) is 0.741. The Bertz CT molecular complexity index is 1390. The lowest BCUT2D eigenvalue weighted by molar-refractivity contribution is -0.145. The number of carbonyl (C=O) groups is 2. The van der Waals surface area contributed by atoms with Gasteiger partial charge in [0.1, 0.15) is 15.4 Å². The van der Waals surface area contributed by atoms with Crippen LogP contribution in [-0.2, 0) is 39.0 Å². The number of nitrogens with zero attached hydrogens (tertiary/aromatic N) is 2. The number of sulfonamides is 1. The number of fused-ring (bicyclic) bond motifs is 2. The van der Waals surface area contributed by atoms with Gasteiger partial charge in [-0.15, -0.1) is 11.3 Å². The molecule has 0 radical (unpaired) electrons. The van der Waals surface area contributed by atoms with Crippen molar-refractivity contribution in [2.45, 2.75) is 43.2 Å². The second-order valence-corrected chi connectivity index (χ2v) is 12.3. The Kier molecular flexibility index (Phi) is 6.12. The number of hydrogen-bond acceptors (Lipinski definition) is 7. The van der Waals surface area contributed by atoms with Crippen LogP contribution in [0, 0.1) is 5.41 Å². The molecule has 9 nitrogen and oxygen atoms in total. The Morgan fingerprint density at radius 1 is 1.17 bits per heavy atom. The zero-order valence-corrected chi connectivity index (χ0v) is 20.6. The van der Waals surface area contributed by atoms with Gasteiger partial charge in [-0.2, -0.15) is 4.31 Å². The number of amides is 1. The van der Waals surface area contributed by atoms with Gasteiger partial charge in [-0.1, -0.05) is 30.3 Å². The maximum absolute atomic E-state index is 13.3. The number of carbonyl (C=O) groups excluding carboxylic acids is 1. The first-order valence-corrected chi connectivity index (χ1v) is 13.6. The van der Waals surface area contributed by atoms with E-state index in [9.17, 15) is 23.1 Å². The van der Waals surface area contributed by atoms with E-state index in [2.05, 4.69) is 10.3 Å². The third-order valence-corrected chi connectivity index (χ3v) is 9.70. The van der Waals surface area contributed by atoms with Crippen molar-refractivity contribution in [2.75, 3.05) is 13.1 Å². The van der Waals surface area contributed by atoms with E-state index in [0.717, 1.165) is 11.1 Å². The summed E-state index contributed by atoms with van der Waals surface area (Å²) < 4.78 is 28.5. The van der Waals surface area contributed by atoms with Crippen molar-refractivity contribution >= 4 is 43.5 Å². The number of rotatable bonds is 7. The fourth-order valence-corrected chi connectivity index (χ4v) is 7.72. The van der Waals surface area contributed by atoms with Gasteiger partial charge in [-0.3, -0.25) is 9.59 Å². The zero-order chi connectivity index (χ0) is 24.8. The van der Waals surface area contributed by atoms with Crippen molar-refractivity contribution in [1.82, 2.24) is 14.6 Å². The summed E-state index contributed by atoms with van der Waals surface area (Å²) in [6.07, 6.45) is 1.07. The number of carboxylic acids is 1. The van der Waals surface area contributed by atoms with Gasteiger partial charge >= 0.3 is 5.97 Å². The smallest absolute Gasteiger partial charge is 0.304 e. The Balaban J connectivity index is 1.37. The molecule has 2 heterocycles. The Hall–Kier alpha value is -2.86. The lowest BCUT2D eigenvalue weighted by Crippen LogP contribution is -2.43. The molecule has 1 aliphatic carbocycles. The number of nitrogens with two attached hydrogens (primary N) is 1. The molecule has 3 aromatic rings. The average molecular weight is 515 g/mol. The summed E-state index contributed by atoms with van der Waals surface area (Å²) in [5, 5.41) is 12.9. The molecule has 5 rings (SSSR count). The van der Waals surface area contributed by atoms with Gasteiger partial charge in [0, 0.05) is 19.1 Å². The maximum atomic E-state index is 13.3. The first-order valence-electron chi connectivity index (χ1n) is 11.4. The van der Waals surface area contributed by atoms with Crippen LogP contribution in [0.25, 0.3) is 10.2 Å². The van der Waals surface area contributed by atoms with Crippen LogP contribution < -0.4 is 11.1 Å². The number of carboxylic acid groups (broad SMARTS) is 1. The Morgan fingerprint density at radius 2 is 1.89 bits per heavy atom.